The SMILES string of the molecule is Cc1nc(CN(C)C(=O)NCc2ccccc2S(=O)(=O)N(C)C)cs1. The molecule has 1 aromatic carbocycles. The number of thiazole rings is 1. The Morgan fingerprint density at radius 2 is 1.92 bits per heavy atom. The maximum atomic E-state index is 12.4. The summed E-state index contributed by atoms with van der Waals surface area (Å²) >= 11 is 1.53. The third-order valence-corrected chi connectivity index (χ3v) is 6.31. The molecule has 7 nitrogen and oxygen atoms in total. The first-order valence-electron chi connectivity index (χ1n) is 7.62. The molecule has 25 heavy (non-hydrogen) atoms. The number of rotatable bonds is 6. The van der Waals surface area contributed by atoms with Crippen LogP contribution < -0.4 is 5.32 Å². The lowest BCUT2D eigenvalue weighted by atomic mass is 10.2. The van der Waals surface area contributed by atoms with Crippen molar-refractivity contribution in [2.45, 2.75) is 24.9 Å². The molecule has 2 aromatic rings. The standard InChI is InChI=1S/C16H22N4O3S2/c1-12-18-14(11-24-12)10-20(4)16(21)17-9-13-7-5-6-8-15(13)25(22,23)19(2)3/h5-8,11H,9-10H2,1-4H3,(H,17,21). The third-order valence-electron chi connectivity index (χ3n) is 3.57. The summed E-state index contributed by atoms with van der Waals surface area (Å²) in [4.78, 5) is 18.3. The van der Waals surface area contributed by atoms with Crippen LogP contribution in [0.3, 0.4) is 0 Å². The molecule has 0 spiro atoms. The molecule has 0 aliphatic rings. The fraction of sp³-hybridized carbons (Fsp3) is 0.375. The first kappa shape index (κ1) is 19.4. The van der Waals surface area contributed by atoms with Gasteiger partial charge in [-0.2, -0.15) is 0 Å². The van der Waals surface area contributed by atoms with E-state index in [0.29, 0.717) is 12.1 Å². The summed E-state index contributed by atoms with van der Waals surface area (Å²) in [5, 5.41) is 5.62. The number of carbonyl (C=O) groups is 1. The van der Waals surface area contributed by atoms with Crippen LogP contribution in [0.25, 0.3) is 0 Å². The predicted molar refractivity (Wildman–Crippen MR) is 97.9 cm³/mol. The second-order valence-corrected chi connectivity index (χ2v) is 8.95. The van der Waals surface area contributed by atoms with Crippen molar-refractivity contribution in [1.82, 2.24) is 19.5 Å². The highest BCUT2D eigenvalue weighted by molar-refractivity contribution is 7.89. The second-order valence-electron chi connectivity index (χ2n) is 5.77. The number of hydrogen-bond acceptors (Lipinski definition) is 5. The second kappa shape index (κ2) is 7.94. The predicted octanol–water partition coefficient (Wildman–Crippen LogP) is 2.04. The molecule has 1 N–H and O–H groups in total. The molecule has 0 aliphatic carbocycles. The van der Waals surface area contributed by atoms with Gasteiger partial charge >= 0.3 is 6.03 Å². The fourth-order valence-electron chi connectivity index (χ4n) is 2.20. The number of sulfonamides is 1. The molecule has 136 valence electrons. The number of aromatic nitrogens is 1. The van der Waals surface area contributed by atoms with E-state index in [9.17, 15) is 13.2 Å². The molecule has 1 heterocycles. The van der Waals surface area contributed by atoms with Gasteiger partial charge in [-0.15, -0.1) is 11.3 Å². The number of amides is 2. The minimum absolute atomic E-state index is 0.127. The fourth-order valence-corrected chi connectivity index (χ4v) is 3.92. The molecule has 0 radical (unpaired) electrons. The summed E-state index contributed by atoms with van der Waals surface area (Å²) in [6.45, 7) is 2.44. The van der Waals surface area contributed by atoms with Crippen LogP contribution in [0.5, 0.6) is 0 Å². The van der Waals surface area contributed by atoms with E-state index in [0.717, 1.165) is 15.0 Å². The number of nitrogens with zero attached hydrogens (tertiary/aromatic N) is 3. The molecule has 0 atom stereocenters. The van der Waals surface area contributed by atoms with Gasteiger partial charge in [-0.25, -0.2) is 22.5 Å². The molecule has 0 saturated heterocycles. The van der Waals surface area contributed by atoms with Crippen molar-refractivity contribution >= 4 is 27.4 Å². The van der Waals surface area contributed by atoms with Gasteiger partial charge in [0, 0.05) is 33.1 Å². The molecule has 2 amide bonds. The van der Waals surface area contributed by atoms with Crippen molar-refractivity contribution in [2.75, 3.05) is 21.1 Å². The number of urea groups is 1. The van der Waals surface area contributed by atoms with E-state index in [-0.39, 0.29) is 17.5 Å². The van der Waals surface area contributed by atoms with E-state index in [2.05, 4.69) is 10.3 Å². The van der Waals surface area contributed by atoms with Crippen LogP contribution in [0.1, 0.15) is 16.3 Å². The van der Waals surface area contributed by atoms with Gasteiger partial charge in [0.05, 0.1) is 22.1 Å². The van der Waals surface area contributed by atoms with E-state index in [1.54, 1.807) is 31.3 Å². The van der Waals surface area contributed by atoms with Crippen molar-refractivity contribution in [1.29, 1.82) is 0 Å². The van der Waals surface area contributed by atoms with Crippen molar-refractivity contribution in [3.63, 3.8) is 0 Å². The van der Waals surface area contributed by atoms with Crippen LogP contribution in [0.15, 0.2) is 34.5 Å². The van der Waals surface area contributed by atoms with Crippen LogP contribution in [0, 0.1) is 6.92 Å². The summed E-state index contributed by atoms with van der Waals surface area (Å²) in [5.41, 5.74) is 1.37. The third kappa shape index (κ3) is 4.77. The smallest absolute Gasteiger partial charge is 0.317 e. The zero-order valence-electron chi connectivity index (χ0n) is 14.7. The zero-order chi connectivity index (χ0) is 18.6. The summed E-state index contributed by atoms with van der Waals surface area (Å²) in [6, 6.07) is 6.36. The summed E-state index contributed by atoms with van der Waals surface area (Å²) in [7, 11) is 1.07. The normalized spacial score (nSPS) is 11.6. The summed E-state index contributed by atoms with van der Waals surface area (Å²) in [6.07, 6.45) is 0. The van der Waals surface area contributed by atoms with Gasteiger partial charge in [0.15, 0.2) is 0 Å². The van der Waals surface area contributed by atoms with Crippen LogP contribution >= 0.6 is 11.3 Å². The Morgan fingerprint density at radius 1 is 1.24 bits per heavy atom. The Labute approximate surface area is 152 Å². The lowest BCUT2D eigenvalue weighted by molar-refractivity contribution is 0.206. The molecule has 0 saturated carbocycles. The van der Waals surface area contributed by atoms with Crippen molar-refractivity contribution in [3.05, 3.63) is 45.9 Å². The maximum Gasteiger partial charge on any atom is 0.317 e. The van der Waals surface area contributed by atoms with Crippen molar-refractivity contribution < 1.29 is 13.2 Å². The first-order valence-corrected chi connectivity index (χ1v) is 9.94. The van der Waals surface area contributed by atoms with Crippen LogP contribution in [-0.2, 0) is 23.1 Å². The van der Waals surface area contributed by atoms with Gasteiger partial charge in [0.25, 0.3) is 0 Å². The first-order chi connectivity index (χ1) is 11.7. The minimum atomic E-state index is -3.56. The minimum Gasteiger partial charge on any atom is -0.334 e. The van der Waals surface area contributed by atoms with Crippen LogP contribution in [0.2, 0.25) is 0 Å². The zero-order valence-corrected chi connectivity index (χ0v) is 16.3. The number of aryl methyl sites for hydroxylation is 1. The van der Waals surface area contributed by atoms with Gasteiger partial charge in [0.2, 0.25) is 10.0 Å². The number of benzene rings is 1. The Kier molecular flexibility index (Phi) is 6.15. The highest BCUT2D eigenvalue weighted by Crippen LogP contribution is 2.18. The van der Waals surface area contributed by atoms with Gasteiger partial charge in [-0.3, -0.25) is 0 Å². The molecule has 0 aliphatic heterocycles. The van der Waals surface area contributed by atoms with E-state index in [1.807, 2.05) is 12.3 Å². The van der Waals surface area contributed by atoms with Crippen molar-refractivity contribution in [2.24, 2.45) is 0 Å². The lowest BCUT2D eigenvalue weighted by Gasteiger charge is -2.19. The number of carbonyl (C=O) groups excluding carboxylic acids is 1. The molecular weight excluding hydrogens is 360 g/mol. The number of hydrogen-bond donors (Lipinski definition) is 1. The van der Waals surface area contributed by atoms with E-state index in [4.69, 9.17) is 0 Å². The van der Waals surface area contributed by atoms with E-state index in [1.165, 1.54) is 30.3 Å². The van der Waals surface area contributed by atoms with Gasteiger partial charge in [-0.1, -0.05) is 18.2 Å². The summed E-state index contributed by atoms with van der Waals surface area (Å²) in [5.74, 6) is 0. The average Bonchev–Trinajstić information content (AvgIpc) is 2.97. The Morgan fingerprint density at radius 3 is 2.52 bits per heavy atom. The largest absolute Gasteiger partial charge is 0.334 e. The number of nitrogens with one attached hydrogen (secondary N) is 1. The van der Waals surface area contributed by atoms with Crippen LogP contribution in [0.4, 0.5) is 4.79 Å². The topological polar surface area (TPSA) is 82.6 Å². The molecule has 9 heteroatoms. The van der Waals surface area contributed by atoms with E-state index < -0.39 is 10.0 Å². The van der Waals surface area contributed by atoms with Crippen LogP contribution in [-0.4, -0.2) is 49.8 Å². The highest BCUT2D eigenvalue weighted by atomic mass is 32.2. The molecule has 0 unspecified atom stereocenters. The maximum absolute atomic E-state index is 12.4. The molecule has 0 fully saturated rings. The van der Waals surface area contributed by atoms with Crippen molar-refractivity contribution in [3.8, 4) is 0 Å². The molecule has 2 rings (SSSR count). The highest BCUT2D eigenvalue weighted by Gasteiger charge is 2.21. The molecular formula is C16H22N4O3S2. The van der Waals surface area contributed by atoms with Gasteiger partial charge < -0.3 is 10.2 Å². The Bertz CT molecular complexity index is 847. The Balaban J connectivity index is 2.05. The quantitative estimate of drug-likeness (QED) is 0.829. The average molecular weight is 383 g/mol. The lowest BCUT2D eigenvalue weighted by Crippen LogP contribution is -2.37. The monoisotopic (exact) mass is 382 g/mol. The molecule has 1 aromatic heterocycles. The van der Waals surface area contributed by atoms with Gasteiger partial charge in [-0.05, 0) is 18.6 Å². The summed E-state index contributed by atoms with van der Waals surface area (Å²) < 4.78 is 25.9. The van der Waals surface area contributed by atoms with E-state index >= 15 is 0 Å². The Hall–Kier alpha value is -1.97. The van der Waals surface area contributed by atoms with Gasteiger partial charge in [0.1, 0.15) is 0 Å². The molecule has 0 bridgehead atoms.